The molecule has 0 spiro atoms. The van der Waals surface area contributed by atoms with Crippen molar-refractivity contribution in [3.8, 4) is 11.3 Å². The minimum Gasteiger partial charge on any atom is -0.364 e. The first kappa shape index (κ1) is 23.2. The normalized spacial score (nSPS) is 14.4. The fourth-order valence-corrected chi connectivity index (χ4v) is 5.09. The number of benzene rings is 2. The lowest BCUT2D eigenvalue weighted by Crippen LogP contribution is -2.50. The molecule has 0 radical (unpaired) electrons. The van der Waals surface area contributed by atoms with Crippen LogP contribution < -0.4 is 15.5 Å². The molecule has 1 aliphatic rings. The Bertz CT molecular complexity index is 1330. The molecule has 2 N–H and O–H groups in total. The summed E-state index contributed by atoms with van der Waals surface area (Å²) in [4.78, 5) is 22.7. The van der Waals surface area contributed by atoms with Crippen LogP contribution >= 0.6 is 11.3 Å². The van der Waals surface area contributed by atoms with E-state index >= 15 is 0 Å². The maximum Gasteiger partial charge on any atom is 0.321 e. The summed E-state index contributed by atoms with van der Waals surface area (Å²) in [5, 5.41) is 12.5. The van der Waals surface area contributed by atoms with Gasteiger partial charge in [0.15, 0.2) is 5.82 Å². The molecule has 1 saturated heterocycles. The summed E-state index contributed by atoms with van der Waals surface area (Å²) >= 11 is 1.58. The second-order valence-electron chi connectivity index (χ2n) is 9.85. The number of carbonyl (C=O) groups excluding carboxylic acids is 1. The minimum absolute atomic E-state index is 0.0583. The molecule has 1 fully saturated rings. The van der Waals surface area contributed by atoms with E-state index in [-0.39, 0.29) is 11.6 Å². The Morgan fingerprint density at radius 3 is 2.34 bits per heavy atom. The summed E-state index contributed by atoms with van der Waals surface area (Å²) in [6.07, 6.45) is 0. The number of rotatable bonds is 4. The Morgan fingerprint density at radius 2 is 1.66 bits per heavy atom. The second-order valence-corrected chi connectivity index (χ2v) is 10.8. The van der Waals surface area contributed by atoms with Crippen molar-refractivity contribution in [1.29, 1.82) is 0 Å². The van der Waals surface area contributed by atoms with Crippen molar-refractivity contribution in [1.82, 2.24) is 19.5 Å². The number of aromatic nitrogens is 3. The van der Waals surface area contributed by atoms with E-state index in [4.69, 9.17) is 10.1 Å². The molecule has 182 valence electrons. The van der Waals surface area contributed by atoms with Crippen LogP contribution in [0.5, 0.6) is 0 Å². The van der Waals surface area contributed by atoms with Gasteiger partial charge in [-0.15, -0.1) is 5.10 Å². The van der Waals surface area contributed by atoms with Crippen molar-refractivity contribution in [3.05, 3.63) is 60.2 Å². The zero-order valence-electron chi connectivity index (χ0n) is 20.6. The Balaban J connectivity index is 1.33. The van der Waals surface area contributed by atoms with Gasteiger partial charge in [0.1, 0.15) is 5.69 Å². The van der Waals surface area contributed by atoms with E-state index in [1.165, 1.54) is 0 Å². The number of nitrogens with zero attached hydrogens (tertiary/aromatic N) is 5. The van der Waals surface area contributed by atoms with Crippen LogP contribution in [0.4, 0.5) is 21.4 Å². The van der Waals surface area contributed by atoms with Gasteiger partial charge in [-0.2, -0.15) is 4.52 Å². The van der Waals surface area contributed by atoms with Crippen LogP contribution in [0.1, 0.15) is 26.3 Å². The molecule has 4 aromatic rings. The number of fused-ring (bicyclic) bond motifs is 1. The average Bonchev–Trinajstić information content (AvgIpc) is 3.40. The number of imidazole rings is 1. The summed E-state index contributed by atoms with van der Waals surface area (Å²) in [6, 6.07) is 18.0. The van der Waals surface area contributed by atoms with Gasteiger partial charge in [-0.05, 0) is 39.3 Å². The lowest BCUT2D eigenvalue weighted by Gasteiger charge is -2.34. The molecule has 0 saturated carbocycles. The van der Waals surface area contributed by atoms with Crippen molar-refractivity contribution >= 4 is 39.0 Å². The third kappa shape index (κ3) is 4.95. The van der Waals surface area contributed by atoms with Gasteiger partial charge in [-0.1, -0.05) is 59.9 Å². The number of piperazine rings is 1. The molecule has 1 aliphatic heterocycles. The van der Waals surface area contributed by atoms with E-state index in [9.17, 15) is 4.79 Å². The summed E-state index contributed by atoms with van der Waals surface area (Å²) in [6.45, 7) is 11.1. The molecule has 2 amide bonds. The van der Waals surface area contributed by atoms with Gasteiger partial charge in [0.25, 0.3) is 0 Å². The topological polar surface area (TPSA) is 77.8 Å². The van der Waals surface area contributed by atoms with Gasteiger partial charge in [0.05, 0.1) is 0 Å². The summed E-state index contributed by atoms with van der Waals surface area (Å²) in [5.74, 6) is 0.900. The van der Waals surface area contributed by atoms with E-state index in [0.717, 1.165) is 51.5 Å². The summed E-state index contributed by atoms with van der Waals surface area (Å²) in [5.41, 5.74) is 3.74. The van der Waals surface area contributed by atoms with Crippen LogP contribution in [0, 0.1) is 6.92 Å². The Kier molecular flexibility index (Phi) is 6.10. The first-order valence-electron chi connectivity index (χ1n) is 11.9. The SMILES string of the molecule is Cc1ccccc1NC(=O)N1CCN(c2nn3c(NC(C)(C)C)c(-c4ccccc4)nc3s2)CC1. The van der Waals surface area contributed by atoms with Gasteiger partial charge < -0.3 is 20.4 Å². The van der Waals surface area contributed by atoms with Crippen molar-refractivity contribution in [2.75, 3.05) is 41.7 Å². The summed E-state index contributed by atoms with van der Waals surface area (Å²) < 4.78 is 1.92. The van der Waals surface area contributed by atoms with Crippen molar-refractivity contribution in [3.63, 3.8) is 0 Å². The predicted molar refractivity (Wildman–Crippen MR) is 144 cm³/mol. The van der Waals surface area contributed by atoms with Gasteiger partial charge in [0.2, 0.25) is 10.1 Å². The standard InChI is InChI=1S/C26H31N7OS/c1-18-10-8-9-13-20(18)27-23(34)31-14-16-32(17-15-31)25-30-33-22(29-26(2,3)4)21(28-24(33)35-25)19-11-6-5-7-12-19/h5-13,29H,14-17H2,1-4H3,(H,27,34). The maximum atomic E-state index is 12.8. The van der Waals surface area contributed by atoms with Gasteiger partial charge >= 0.3 is 6.03 Å². The van der Waals surface area contributed by atoms with Crippen LogP contribution in [0.15, 0.2) is 54.6 Å². The number of nitrogens with one attached hydrogen (secondary N) is 2. The number of carbonyl (C=O) groups is 1. The van der Waals surface area contributed by atoms with Gasteiger partial charge in [-0.25, -0.2) is 9.78 Å². The molecular formula is C26H31N7OS. The van der Waals surface area contributed by atoms with E-state index < -0.39 is 0 Å². The van der Waals surface area contributed by atoms with E-state index in [2.05, 4.69) is 48.4 Å². The second kappa shape index (κ2) is 9.22. The van der Waals surface area contributed by atoms with Crippen LogP contribution in [0.2, 0.25) is 0 Å². The van der Waals surface area contributed by atoms with Gasteiger partial charge in [0, 0.05) is 43.0 Å². The third-order valence-corrected chi connectivity index (χ3v) is 6.93. The minimum atomic E-state index is -0.140. The lowest BCUT2D eigenvalue weighted by atomic mass is 10.1. The molecule has 35 heavy (non-hydrogen) atoms. The summed E-state index contributed by atoms with van der Waals surface area (Å²) in [7, 11) is 0. The largest absolute Gasteiger partial charge is 0.364 e. The molecule has 2 aromatic heterocycles. The predicted octanol–water partition coefficient (Wildman–Crippen LogP) is 5.33. The smallest absolute Gasteiger partial charge is 0.321 e. The first-order chi connectivity index (χ1) is 16.8. The average molecular weight is 490 g/mol. The fourth-order valence-electron chi connectivity index (χ4n) is 4.14. The van der Waals surface area contributed by atoms with Crippen LogP contribution in [0.25, 0.3) is 16.2 Å². The number of aryl methyl sites for hydroxylation is 1. The van der Waals surface area contributed by atoms with Crippen molar-refractivity contribution in [2.45, 2.75) is 33.2 Å². The molecule has 9 heteroatoms. The van der Waals surface area contributed by atoms with Crippen LogP contribution in [0.3, 0.4) is 0 Å². The highest BCUT2D eigenvalue weighted by atomic mass is 32.1. The highest BCUT2D eigenvalue weighted by Gasteiger charge is 2.26. The first-order valence-corrected chi connectivity index (χ1v) is 12.7. The lowest BCUT2D eigenvalue weighted by molar-refractivity contribution is 0.208. The third-order valence-electron chi connectivity index (χ3n) is 5.96. The highest BCUT2D eigenvalue weighted by molar-refractivity contribution is 7.20. The molecule has 0 bridgehead atoms. The highest BCUT2D eigenvalue weighted by Crippen LogP contribution is 2.35. The number of hydrogen-bond donors (Lipinski definition) is 2. The molecule has 5 rings (SSSR count). The number of para-hydroxylation sites is 1. The van der Waals surface area contributed by atoms with Crippen molar-refractivity contribution < 1.29 is 4.79 Å². The monoisotopic (exact) mass is 489 g/mol. The molecule has 0 unspecified atom stereocenters. The van der Waals surface area contributed by atoms with Crippen LogP contribution in [-0.4, -0.2) is 57.2 Å². The van der Waals surface area contributed by atoms with E-state index in [1.54, 1.807) is 11.3 Å². The molecule has 8 nitrogen and oxygen atoms in total. The molecular weight excluding hydrogens is 458 g/mol. The number of hydrogen-bond acceptors (Lipinski definition) is 6. The zero-order valence-corrected chi connectivity index (χ0v) is 21.4. The number of amides is 2. The van der Waals surface area contributed by atoms with Crippen LogP contribution in [-0.2, 0) is 0 Å². The maximum absolute atomic E-state index is 12.8. The number of urea groups is 1. The van der Waals surface area contributed by atoms with E-state index in [1.807, 2.05) is 58.8 Å². The zero-order chi connectivity index (χ0) is 24.6. The fraction of sp³-hybridized carbons (Fsp3) is 0.346. The molecule has 3 heterocycles. The molecule has 0 atom stereocenters. The Hall–Kier alpha value is -3.59. The van der Waals surface area contributed by atoms with Gasteiger partial charge in [-0.3, -0.25) is 0 Å². The Morgan fingerprint density at radius 1 is 0.971 bits per heavy atom. The quantitative estimate of drug-likeness (QED) is 0.405. The molecule has 0 aliphatic carbocycles. The van der Waals surface area contributed by atoms with E-state index in [0.29, 0.717) is 13.1 Å². The van der Waals surface area contributed by atoms with Crippen molar-refractivity contribution in [2.24, 2.45) is 0 Å². The molecule has 2 aromatic carbocycles. The Labute approximate surface area is 209 Å². The number of anilines is 3.